The third-order valence-corrected chi connectivity index (χ3v) is 3.75. The SMILES string of the molecule is COC(CNC(=O)c1nn(-c2cccc(C(F)(F)F)c2)c(C)cc1=O)C(=O)O. The Morgan fingerprint density at radius 3 is 2.57 bits per heavy atom. The summed E-state index contributed by atoms with van der Waals surface area (Å²) in [5, 5.41) is 14.9. The molecule has 8 nitrogen and oxygen atoms in total. The van der Waals surface area contributed by atoms with Crippen LogP contribution in [0.3, 0.4) is 0 Å². The Hall–Kier alpha value is -3.21. The molecule has 28 heavy (non-hydrogen) atoms. The maximum absolute atomic E-state index is 12.9. The molecule has 1 unspecified atom stereocenters. The molecule has 2 rings (SSSR count). The highest BCUT2D eigenvalue weighted by Gasteiger charge is 2.30. The maximum atomic E-state index is 12.9. The summed E-state index contributed by atoms with van der Waals surface area (Å²) in [5.74, 6) is -2.30. The van der Waals surface area contributed by atoms with Crippen molar-refractivity contribution < 1.29 is 32.6 Å². The molecule has 0 fully saturated rings. The highest BCUT2D eigenvalue weighted by molar-refractivity contribution is 5.92. The molecule has 0 saturated carbocycles. The van der Waals surface area contributed by atoms with Gasteiger partial charge < -0.3 is 15.2 Å². The lowest BCUT2D eigenvalue weighted by Gasteiger charge is -2.14. The number of hydrogen-bond donors (Lipinski definition) is 2. The number of amides is 1. The van der Waals surface area contributed by atoms with Crippen molar-refractivity contribution >= 4 is 11.9 Å². The molecular weight excluding hydrogens is 383 g/mol. The van der Waals surface area contributed by atoms with Gasteiger partial charge in [0.15, 0.2) is 11.8 Å². The van der Waals surface area contributed by atoms with Gasteiger partial charge in [-0.05, 0) is 25.1 Å². The number of nitrogens with one attached hydrogen (secondary N) is 1. The monoisotopic (exact) mass is 399 g/mol. The van der Waals surface area contributed by atoms with E-state index in [9.17, 15) is 27.6 Å². The van der Waals surface area contributed by atoms with Crippen molar-refractivity contribution in [2.24, 2.45) is 0 Å². The number of aryl methyl sites for hydroxylation is 1. The number of aliphatic carboxylic acids is 1. The number of carbonyl (C=O) groups excluding carboxylic acids is 1. The molecule has 0 aliphatic carbocycles. The van der Waals surface area contributed by atoms with Crippen LogP contribution in [0.25, 0.3) is 5.69 Å². The number of alkyl halides is 3. The fourth-order valence-electron chi connectivity index (χ4n) is 2.32. The molecule has 2 N–H and O–H groups in total. The number of ether oxygens (including phenoxy) is 1. The molecule has 2 aromatic rings. The largest absolute Gasteiger partial charge is 0.479 e. The van der Waals surface area contributed by atoms with Crippen molar-refractivity contribution in [3.63, 3.8) is 0 Å². The Kier molecular flexibility index (Phi) is 6.19. The molecule has 1 aromatic heterocycles. The second-order valence-corrected chi connectivity index (χ2v) is 5.73. The average Bonchev–Trinajstić information content (AvgIpc) is 2.61. The van der Waals surface area contributed by atoms with Crippen LogP contribution < -0.4 is 10.7 Å². The Labute approximate surface area is 156 Å². The lowest BCUT2D eigenvalue weighted by molar-refractivity contribution is -0.148. The number of methoxy groups -OCH3 is 1. The summed E-state index contributed by atoms with van der Waals surface area (Å²) < 4.78 is 44.5. The number of halogens is 3. The second kappa shape index (κ2) is 8.21. The van der Waals surface area contributed by atoms with Crippen molar-refractivity contribution in [2.75, 3.05) is 13.7 Å². The molecule has 1 amide bonds. The third kappa shape index (κ3) is 4.74. The summed E-state index contributed by atoms with van der Waals surface area (Å²) in [4.78, 5) is 35.2. The van der Waals surface area contributed by atoms with E-state index in [4.69, 9.17) is 5.11 Å². The number of nitrogens with zero attached hydrogens (tertiary/aromatic N) is 2. The van der Waals surface area contributed by atoms with E-state index < -0.39 is 47.4 Å². The van der Waals surface area contributed by atoms with Crippen LogP contribution in [0.15, 0.2) is 35.1 Å². The van der Waals surface area contributed by atoms with Gasteiger partial charge in [0.1, 0.15) is 0 Å². The van der Waals surface area contributed by atoms with Crippen LogP contribution in [-0.4, -0.2) is 46.5 Å². The zero-order valence-electron chi connectivity index (χ0n) is 14.8. The standard InChI is InChI=1S/C17H16F3N3O5/c1-9-6-12(24)14(15(25)21-8-13(28-2)16(26)27)22-23(9)11-5-3-4-10(7-11)17(18,19)20/h3-7,13H,8H2,1-2H3,(H,21,25)(H,26,27). The first-order valence-electron chi connectivity index (χ1n) is 7.87. The summed E-state index contributed by atoms with van der Waals surface area (Å²) in [7, 11) is 1.13. The van der Waals surface area contributed by atoms with Gasteiger partial charge in [-0.3, -0.25) is 9.59 Å². The Morgan fingerprint density at radius 2 is 2.00 bits per heavy atom. The Morgan fingerprint density at radius 1 is 1.32 bits per heavy atom. The predicted molar refractivity (Wildman–Crippen MR) is 90.3 cm³/mol. The minimum atomic E-state index is -4.57. The average molecular weight is 399 g/mol. The molecule has 150 valence electrons. The predicted octanol–water partition coefficient (Wildman–Crippen LogP) is 1.39. The number of benzene rings is 1. The van der Waals surface area contributed by atoms with E-state index in [-0.39, 0.29) is 11.4 Å². The zero-order chi connectivity index (χ0) is 21.1. The van der Waals surface area contributed by atoms with Gasteiger partial charge in [-0.15, -0.1) is 0 Å². The van der Waals surface area contributed by atoms with Crippen molar-refractivity contribution in [1.29, 1.82) is 0 Å². The van der Waals surface area contributed by atoms with Gasteiger partial charge in [-0.2, -0.15) is 18.3 Å². The van der Waals surface area contributed by atoms with E-state index in [0.29, 0.717) is 0 Å². The number of rotatable bonds is 6. The van der Waals surface area contributed by atoms with E-state index >= 15 is 0 Å². The highest BCUT2D eigenvalue weighted by atomic mass is 19.4. The first-order chi connectivity index (χ1) is 13.0. The summed E-state index contributed by atoms with van der Waals surface area (Å²) in [5.41, 5.74) is -2.06. The Balaban J connectivity index is 2.39. The molecule has 0 bridgehead atoms. The molecule has 0 radical (unpaired) electrons. The molecule has 1 heterocycles. The fourth-order valence-corrected chi connectivity index (χ4v) is 2.32. The van der Waals surface area contributed by atoms with Gasteiger partial charge in [0.05, 0.1) is 17.8 Å². The van der Waals surface area contributed by atoms with E-state index in [1.165, 1.54) is 19.1 Å². The summed E-state index contributed by atoms with van der Waals surface area (Å²) in [6, 6.07) is 5.27. The van der Waals surface area contributed by atoms with E-state index in [0.717, 1.165) is 30.0 Å². The summed E-state index contributed by atoms with van der Waals surface area (Å²) in [6.07, 6.45) is -5.91. The lowest BCUT2D eigenvalue weighted by Crippen LogP contribution is -2.40. The lowest BCUT2D eigenvalue weighted by atomic mass is 10.2. The molecule has 0 spiro atoms. The van der Waals surface area contributed by atoms with Crippen LogP contribution in [0.1, 0.15) is 21.7 Å². The van der Waals surface area contributed by atoms with Crippen LogP contribution >= 0.6 is 0 Å². The first-order valence-corrected chi connectivity index (χ1v) is 7.87. The van der Waals surface area contributed by atoms with Gasteiger partial charge in [0, 0.05) is 18.9 Å². The van der Waals surface area contributed by atoms with Crippen LogP contribution in [0.2, 0.25) is 0 Å². The zero-order valence-corrected chi connectivity index (χ0v) is 14.8. The van der Waals surface area contributed by atoms with Gasteiger partial charge in [0.2, 0.25) is 5.43 Å². The number of aromatic nitrogens is 2. The van der Waals surface area contributed by atoms with E-state index in [1.54, 1.807) is 0 Å². The number of carboxylic acid groups (broad SMARTS) is 1. The summed E-state index contributed by atoms with van der Waals surface area (Å²) >= 11 is 0. The van der Waals surface area contributed by atoms with Crippen molar-refractivity contribution in [1.82, 2.24) is 15.1 Å². The normalized spacial score (nSPS) is 12.5. The Bertz CT molecular complexity index is 956. The maximum Gasteiger partial charge on any atom is 0.416 e. The molecule has 1 atom stereocenters. The molecule has 0 aliphatic rings. The molecule has 1 aromatic carbocycles. The van der Waals surface area contributed by atoms with Gasteiger partial charge in [-0.1, -0.05) is 6.07 Å². The third-order valence-electron chi connectivity index (χ3n) is 3.75. The van der Waals surface area contributed by atoms with Gasteiger partial charge in [-0.25, -0.2) is 9.48 Å². The van der Waals surface area contributed by atoms with E-state index in [1.807, 2.05) is 0 Å². The summed E-state index contributed by atoms with van der Waals surface area (Å²) in [6.45, 7) is 1.02. The van der Waals surface area contributed by atoms with Crippen LogP contribution in [-0.2, 0) is 15.7 Å². The number of carbonyl (C=O) groups is 2. The van der Waals surface area contributed by atoms with Gasteiger partial charge >= 0.3 is 12.1 Å². The second-order valence-electron chi connectivity index (χ2n) is 5.73. The number of hydrogen-bond acceptors (Lipinski definition) is 5. The van der Waals surface area contributed by atoms with E-state index in [2.05, 4.69) is 15.2 Å². The molecule has 11 heteroatoms. The van der Waals surface area contributed by atoms with Crippen LogP contribution in [0.4, 0.5) is 13.2 Å². The van der Waals surface area contributed by atoms with Crippen molar-refractivity contribution in [3.05, 3.63) is 57.5 Å². The fraction of sp³-hybridized carbons (Fsp3) is 0.294. The highest BCUT2D eigenvalue weighted by Crippen LogP contribution is 2.30. The molecule has 0 saturated heterocycles. The van der Waals surface area contributed by atoms with Crippen LogP contribution in [0.5, 0.6) is 0 Å². The molecular formula is C17H16F3N3O5. The minimum Gasteiger partial charge on any atom is -0.479 e. The minimum absolute atomic E-state index is 0.00155. The quantitative estimate of drug-likeness (QED) is 0.760. The topological polar surface area (TPSA) is 111 Å². The molecule has 0 aliphatic heterocycles. The smallest absolute Gasteiger partial charge is 0.416 e. The first kappa shape index (κ1) is 21.1. The van der Waals surface area contributed by atoms with Crippen LogP contribution in [0, 0.1) is 6.92 Å². The van der Waals surface area contributed by atoms with Crippen molar-refractivity contribution in [3.8, 4) is 5.69 Å². The van der Waals surface area contributed by atoms with Crippen molar-refractivity contribution in [2.45, 2.75) is 19.2 Å². The van der Waals surface area contributed by atoms with Gasteiger partial charge in [0.25, 0.3) is 5.91 Å². The number of carboxylic acids is 1.